The van der Waals surface area contributed by atoms with Crippen molar-refractivity contribution in [3.8, 4) is 0 Å². The molecule has 3 rings (SSSR count). The molecule has 1 aromatic rings. The van der Waals surface area contributed by atoms with E-state index in [1.54, 1.807) is 4.90 Å². The van der Waals surface area contributed by atoms with E-state index >= 15 is 0 Å². The fourth-order valence-electron chi connectivity index (χ4n) is 2.84. The summed E-state index contributed by atoms with van der Waals surface area (Å²) in [5.41, 5.74) is 3.33. The van der Waals surface area contributed by atoms with Crippen LogP contribution in [0.5, 0.6) is 0 Å². The normalized spacial score (nSPS) is 20.8. The van der Waals surface area contributed by atoms with Crippen molar-refractivity contribution in [2.75, 3.05) is 11.9 Å². The maximum absolute atomic E-state index is 11.6. The number of likely N-dealkylation sites (N-methyl/N-ethyl adjacent to an activating group) is 1. The van der Waals surface area contributed by atoms with Crippen LogP contribution in [0.2, 0.25) is 0 Å². The smallest absolute Gasteiger partial charge is 0.231 e. The van der Waals surface area contributed by atoms with E-state index in [-0.39, 0.29) is 11.3 Å². The first-order valence-electron chi connectivity index (χ1n) is 6.68. The Morgan fingerprint density at radius 2 is 2.22 bits per heavy atom. The first-order chi connectivity index (χ1) is 8.65. The van der Waals surface area contributed by atoms with Crippen molar-refractivity contribution in [2.24, 2.45) is 5.92 Å². The van der Waals surface area contributed by atoms with Crippen molar-refractivity contribution in [3.63, 3.8) is 0 Å². The quantitative estimate of drug-likeness (QED) is 0.762. The van der Waals surface area contributed by atoms with Gasteiger partial charge in [0.15, 0.2) is 0 Å². The number of amides is 1. The van der Waals surface area contributed by atoms with Gasteiger partial charge in [-0.25, -0.2) is 0 Å². The van der Waals surface area contributed by atoms with E-state index < -0.39 is 0 Å². The van der Waals surface area contributed by atoms with Crippen molar-refractivity contribution in [2.45, 2.75) is 37.5 Å². The van der Waals surface area contributed by atoms with Gasteiger partial charge in [-0.3, -0.25) is 4.79 Å². The number of hydrogen-bond donors (Lipinski definition) is 0. The summed E-state index contributed by atoms with van der Waals surface area (Å²) >= 11 is 6.49. The van der Waals surface area contributed by atoms with Crippen LogP contribution in [-0.4, -0.2) is 13.0 Å². The topological polar surface area (TPSA) is 20.3 Å². The van der Waals surface area contributed by atoms with Gasteiger partial charge in [0.25, 0.3) is 0 Å². The number of anilines is 1. The molecule has 1 saturated carbocycles. The average molecular weight is 264 g/mol. The van der Waals surface area contributed by atoms with Crippen LogP contribution in [0.1, 0.15) is 42.2 Å². The molecule has 1 unspecified atom stereocenters. The SMILES string of the molecule is CN1C(=O)Cc2cc(C(Cl)CC3CCC3)ccc21. The fourth-order valence-corrected chi connectivity index (χ4v) is 3.23. The van der Waals surface area contributed by atoms with Gasteiger partial charge in [0.2, 0.25) is 5.91 Å². The van der Waals surface area contributed by atoms with Crippen molar-refractivity contribution in [3.05, 3.63) is 29.3 Å². The highest BCUT2D eigenvalue weighted by molar-refractivity contribution is 6.20. The number of carbonyl (C=O) groups excluding carboxylic acids is 1. The zero-order chi connectivity index (χ0) is 12.7. The molecule has 1 aromatic carbocycles. The molecular formula is C15H18ClNO. The van der Waals surface area contributed by atoms with E-state index in [0.717, 1.165) is 23.6 Å². The molecule has 1 amide bonds. The van der Waals surface area contributed by atoms with Crippen molar-refractivity contribution in [1.29, 1.82) is 0 Å². The molecule has 1 fully saturated rings. The van der Waals surface area contributed by atoms with Crippen LogP contribution in [0, 0.1) is 5.92 Å². The molecule has 1 heterocycles. The molecule has 0 aromatic heterocycles. The largest absolute Gasteiger partial charge is 0.315 e. The zero-order valence-corrected chi connectivity index (χ0v) is 11.4. The molecule has 2 aliphatic rings. The lowest BCUT2D eigenvalue weighted by atomic mass is 9.81. The number of benzene rings is 1. The van der Waals surface area contributed by atoms with Crippen LogP contribution < -0.4 is 4.90 Å². The van der Waals surface area contributed by atoms with E-state index in [2.05, 4.69) is 12.1 Å². The van der Waals surface area contributed by atoms with Gasteiger partial charge in [0.1, 0.15) is 0 Å². The van der Waals surface area contributed by atoms with Gasteiger partial charge < -0.3 is 4.90 Å². The molecule has 1 aliphatic carbocycles. The number of carbonyl (C=O) groups is 1. The van der Waals surface area contributed by atoms with Gasteiger partial charge in [0, 0.05) is 12.7 Å². The molecule has 0 saturated heterocycles. The minimum atomic E-state index is 0.0987. The van der Waals surface area contributed by atoms with E-state index in [1.165, 1.54) is 24.8 Å². The second-order valence-electron chi connectivity index (χ2n) is 5.52. The van der Waals surface area contributed by atoms with Crippen LogP contribution in [0.25, 0.3) is 0 Å². The molecule has 0 bridgehead atoms. The molecule has 1 atom stereocenters. The van der Waals surface area contributed by atoms with Crippen LogP contribution in [0.3, 0.4) is 0 Å². The average Bonchev–Trinajstić information content (AvgIpc) is 2.59. The molecule has 0 radical (unpaired) electrons. The Bertz CT molecular complexity index is 481. The Labute approximate surface area is 113 Å². The predicted octanol–water partition coefficient (Wildman–Crippen LogP) is 3.68. The summed E-state index contributed by atoms with van der Waals surface area (Å²) in [6, 6.07) is 6.23. The Balaban J connectivity index is 1.78. The first kappa shape index (κ1) is 12.0. The Hall–Kier alpha value is -1.02. The molecule has 3 heteroatoms. The fraction of sp³-hybridized carbons (Fsp3) is 0.533. The third-order valence-electron chi connectivity index (χ3n) is 4.31. The summed E-state index contributed by atoms with van der Waals surface area (Å²) < 4.78 is 0. The zero-order valence-electron chi connectivity index (χ0n) is 10.7. The predicted molar refractivity (Wildman–Crippen MR) is 74.1 cm³/mol. The summed E-state index contributed by atoms with van der Waals surface area (Å²) in [5.74, 6) is 0.984. The maximum Gasteiger partial charge on any atom is 0.231 e. The van der Waals surface area contributed by atoms with Gasteiger partial charge in [-0.05, 0) is 29.5 Å². The van der Waals surface area contributed by atoms with Gasteiger partial charge in [-0.1, -0.05) is 31.4 Å². The van der Waals surface area contributed by atoms with Gasteiger partial charge in [-0.15, -0.1) is 11.6 Å². The number of halogens is 1. The van der Waals surface area contributed by atoms with E-state index in [1.807, 2.05) is 13.1 Å². The van der Waals surface area contributed by atoms with Crippen LogP contribution >= 0.6 is 11.6 Å². The summed E-state index contributed by atoms with van der Waals surface area (Å²) in [7, 11) is 1.83. The minimum Gasteiger partial charge on any atom is -0.315 e. The minimum absolute atomic E-state index is 0.0987. The molecule has 96 valence electrons. The van der Waals surface area contributed by atoms with Crippen LogP contribution in [-0.2, 0) is 11.2 Å². The lowest BCUT2D eigenvalue weighted by Gasteiger charge is -2.27. The summed E-state index contributed by atoms with van der Waals surface area (Å²) in [5, 5.41) is 0.0987. The molecule has 1 aliphatic heterocycles. The third kappa shape index (κ3) is 2.03. The number of rotatable bonds is 3. The summed E-state index contributed by atoms with van der Waals surface area (Å²) in [6.45, 7) is 0. The molecule has 2 nitrogen and oxygen atoms in total. The molecule has 0 spiro atoms. The second kappa shape index (κ2) is 4.58. The highest BCUT2D eigenvalue weighted by Gasteiger charge is 2.26. The van der Waals surface area contributed by atoms with Gasteiger partial charge in [0.05, 0.1) is 11.8 Å². The van der Waals surface area contributed by atoms with Gasteiger partial charge in [-0.2, -0.15) is 0 Å². The Kier molecular flexibility index (Phi) is 3.06. The number of nitrogens with zero attached hydrogens (tertiary/aromatic N) is 1. The number of hydrogen-bond acceptors (Lipinski definition) is 1. The van der Waals surface area contributed by atoms with E-state index in [9.17, 15) is 4.79 Å². The summed E-state index contributed by atoms with van der Waals surface area (Å²) in [4.78, 5) is 13.4. The monoisotopic (exact) mass is 263 g/mol. The second-order valence-corrected chi connectivity index (χ2v) is 6.04. The Morgan fingerprint density at radius 3 is 2.89 bits per heavy atom. The van der Waals surface area contributed by atoms with Crippen molar-refractivity contribution >= 4 is 23.2 Å². The summed E-state index contributed by atoms with van der Waals surface area (Å²) in [6.07, 6.45) is 5.61. The molecule has 0 N–H and O–H groups in total. The lowest BCUT2D eigenvalue weighted by Crippen LogP contribution is -2.20. The van der Waals surface area contributed by atoms with Crippen molar-refractivity contribution < 1.29 is 4.79 Å². The van der Waals surface area contributed by atoms with Crippen LogP contribution in [0.15, 0.2) is 18.2 Å². The lowest BCUT2D eigenvalue weighted by molar-refractivity contribution is -0.117. The molecule has 18 heavy (non-hydrogen) atoms. The highest BCUT2D eigenvalue weighted by Crippen LogP contribution is 2.39. The van der Waals surface area contributed by atoms with Crippen LogP contribution in [0.4, 0.5) is 5.69 Å². The highest BCUT2D eigenvalue weighted by atomic mass is 35.5. The van der Waals surface area contributed by atoms with E-state index in [0.29, 0.717) is 6.42 Å². The maximum atomic E-state index is 11.6. The van der Waals surface area contributed by atoms with Gasteiger partial charge >= 0.3 is 0 Å². The standard InChI is InChI=1S/C15H18ClNO/c1-17-14-6-5-11(8-12(14)9-15(17)18)13(16)7-10-3-2-4-10/h5-6,8,10,13H,2-4,7,9H2,1H3. The first-order valence-corrected chi connectivity index (χ1v) is 7.12. The number of fused-ring (bicyclic) bond motifs is 1. The molecular weight excluding hydrogens is 246 g/mol. The van der Waals surface area contributed by atoms with Crippen molar-refractivity contribution in [1.82, 2.24) is 0 Å². The third-order valence-corrected chi connectivity index (χ3v) is 4.74. The van der Waals surface area contributed by atoms with E-state index in [4.69, 9.17) is 11.6 Å². The number of alkyl halides is 1. The Morgan fingerprint density at radius 1 is 1.44 bits per heavy atom.